The van der Waals surface area contributed by atoms with Crippen LogP contribution < -0.4 is 0 Å². The molecule has 0 saturated carbocycles. The van der Waals surface area contributed by atoms with E-state index in [2.05, 4.69) is 65.6 Å². The van der Waals surface area contributed by atoms with Crippen LogP contribution in [0.25, 0.3) is 6.08 Å². The van der Waals surface area contributed by atoms with E-state index in [1.54, 1.807) is 11.8 Å². The topological polar surface area (TPSA) is 23.6 Å². The molecule has 0 aliphatic carbocycles. The van der Waals surface area contributed by atoms with Gasteiger partial charge in [0.25, 0.3) is 0 Å². The molecule has 0 radical (unpaired) electrons. The third-order valence-electron chi connectivity index (χ3n) is 5.48. The molecular formula is C27H28N2OS. The van der Waals surface area contributed by atoms with Gasteiger partial charge in [0.2, 0.25) is 5.91 Å². The smallest absolute Gasteiger partial charge is 0.240 e. The molecule has 3 nitrogen and oxygen atoms in total. The minimum atomic E-state index is -0.215. The van der Waals surface area contributed by atoms with Crippen molar-refractivity contribution in [2.75, 3.05) is 32.7 Å². The van der Waals surface area contributed by atoms with Crippen molar-refractivity contribution in [1.29, 1.82) is 0 Å². The van der Waals surface area contributed by atoms with Gasteiger partial charge in [0.05, 0.1) is 0 Å². The fraction of sp³-hybridized carbons (Fsp3) is 0.222. The van der Waals surface area contributed by atoms with Crippen molar-refractivity contribution in [3.05, 3.63) is 108 Å². The summed E-state index contributed by atoms with van der Waals surface area (Å²) in [6, 6.07) is 30.7. The van der Waals surface area contributed by atoms with Crippen LogP contribution in [0.3, 0.4) is 0 Å². The van der Waals surface area contributed by atoms with Crippen LogP contribution in [0.2, 0.25) is 0 Å². The Labute approximate surface area is 189 Å². The number of benzene rings is 3. The van der Waals surface area contributed by atoms with Gasteiger partial charge in [-0.3, -0.25) is 9.69 Å². The predicted molar refractivity (Wildman–Crippen MR) is 130 cm³/mol. The highest BCUT2D eigenvalue weighted by molar-refractivity contribution is 8.00. The van der Waals surface area contributed by atoms with Crippen LogP contribution in [0.5, 0.6) is 0 Å². The van der Waals surface area contributed by atoms with Crippen LogP contribution >= 0.6 is 11.8 Å². The molecule has 158 valence electrons. The third kappa shape index (κ3) is 6.09. The molecule has 1 saturated heterocycles. The van der Waals surface area contributed by atoms with E-state index < -0.39 is 0 Å². The van der Waals surface area contributed by atoms with Gasteiger partial charge in [0, 0.05) is 37.6 Å². The van der Waals surface area contributed by atoms with Gasteiger partial charge in [-0.05, 0) is 23.3 Å². The summed E-state index contributed by atoms with van der Waals surface area (Å²) in [4.78, 5) is 19.0. The maximum atomic E-state index is 13.5. The van der Waals surface area contributed by atoms with Crippen molar-refractivity contribution >= 4 is 23.7 Å². The highest BCUT2D eigenvalue weighted by Gasteiger charge is 2.29. The molecule has 3 aromatic carbocycles. The van der Waals surface area contributed by atoms with E-state index in [0.29, 0.717) is 0 Å². The zero-order valence-electron chi connectivity index (χ0n) is 17.6. The van der Waals surface area contributed by atoms with E-state index >= 15 is 0 Å². The molecule has 1 fully saturated rings. The molecule has 1 aliphatic rings. The number of carbonyl (C=O) groups excluding carboxylic acids is 1. The first-order valence-corrected chi connectivity index (χ1v) is 11.7. The number of piperazine rings is 1. The van der Waals surface area contributed by atoms with Crippen LogP contribution in [0.1, 0.15) is 16.4 Å². The lowest BCUT2D eigenvalue weighted by molar-refractivity contribution is -0.132. The van der Waals surface area contributed by atoms with Crippen LogP contribution in [-0.2, 0) is 4.79 Å². The summed E-state index contributed by atoms with van der Waals surface area (Å²) >= 11 is 1.64. The molecule has 4 rings (SSSR count). The lowest BCUT2D eigenvalue weighted by Crippen LogP contribution is -2.49. The average molecular weight is 429 g/mol. The highest BCUT2D eigenvalue weighted by Crippen LogP contribution is 2.36. The molecular weight excluding hydrogens is 400 g/mol. The zero-order valence-corrected chi connectivity index (χ0v) is 18.5. The first-order chi connectivity index (χ1) is 15.3. The van der Waals surface area contributed by atoms with Gasteiger partial charge >= 0.3 is 0 Å². The number of hydrogen-bond acceptors (Lipinski definition) is 3. The number of rotatable bonds is 7. The molecule has 4 heteroatoms. The predicted octanol–water partition coefficient (Wildman–Crippen LogP) is 5.38. The van der Waals surface area contributed by atoms with Gasteiger partial charge in [-0.25, -0.2) is 0 Å². The Morgan fingerprint density at radius 1 is 0.806 bits per heavy atom. The molecule has 1 heterocycles. The Morgan fingerprint density at radius 2 is 1.39 bits per heavy atom. The largest absolute Gasteiger partial charge is 0.339 e. The fourth-order valence-electron chi connectivity index (χ4n) is 3.74. The number of thioether (sulfide) groups is 1. The second kappa shape index (κ2) is 11.0. The quantitative estimate of drug-likeness (QED) is 0.472. The van der Waals surface area contributed by atoms with Crippen molar-refractivity contribution in [2.24, 2.45) is 0 Å². The fourth-order valence-corrected chi connectivity index (χ4v) is 4.87. The van der Waals surface area contributed by atoms with E-state index in [-0.39, 0.29) is 11.2 Å². The Hall–Kier alpha value is -2.82. The second-order valence-electron chi connectivity index (χ2n) is 7.66. The van der Waals surface area contributed by atoms with Gasteiger partial charge in [-0.2, -0.15) is 0 Å². The van der Waals surface area contributed by atoms with Gasteiger partial charge in [-0.15, -0.1) is 11.8 Å². The number of hydrogen-bond donors (Lipinski definition) is 0. The van der Waals surface area contributed by atoms with Gasteiger partial charge in [0.15, 0.2) is 0 Å². The van der Waals surface area contributed by atoms with Crippen LogP contribution in [0.15, 0.2) is 102 Å². The van der Waals surface area contributed by atoms with Gasteiger partial charge < -0.3 is 4.90 Å². The summed E-state index contributed by atoms with van der Waals surface area (Å²) in [6.45, 7) is 4.27. The highest BCUT2D eigenvalue weighted by atomic mass is 32.2. The maximum absolute atomic E-state index is 13.5. The minimum absolute atomic E-state index is 0.208. The van der Waals surface area contributed by atoms with Crippen LogP contribution in [0.4, 0.5) is 0 Å². The lowest BCUT2D eigenvalue weighted by Gasteiger charge is -2.36. The van der Waals surface area contributed by atoms with E-state index in [4.69, 9.17) is 0 Å². The third-order valence-corrected chi connectivity index (χ3v) is 6.74. The SMILES string of the molecule is O=C([C@@H](Sc1ccccc1)c1ccccc1)N1CCN(C/C=C/c2ccccc2)CC1. The van der Waals surface area contributed by atoms with Crippen molar-refractivity contribution in [3.8, 4) is 0 Å². The zero-order chi connectivity index (χ0) is 21.3. The maximum Gasteiger partial charge on any atom is 0.240 e. The van der Waals surface area contributed by atoms with Crippen LogP contribution in [0, 0.1) is 0 Å². The first-order valence-electron chi connectivity index (χ1n) is 10.8. The summed E-state index contributed by atoms with van der Waals surface area (Å²) in [6.07, 6.45) is 4.38. The van der Waals surface area contributed by atoms with Crippen molar-refractivity contribution < 1.29 is 4.79 Å². The van der Waals surface area contributed by atoms with E-state index in [1.807, 2.05) is 47.4 Å². The summed E-state index contributed by atoms with van der Waals surface area (Å²) in [5.74, 6) is 0.208. The molecule has 0 bridgehead atoms. The Balaban J connectivity index is 1.36. The molecule has 1 atom stereocenters. The summed E-state index contributed by atoms with van der Waals surface area (Å²) in [5.41, 5.74) is 2.29. The monoisotopic (exact) mass is 428 g/mol. The first kappa shape index (κ1) is 21.4. The summed E-state index contributed by atoms with van der Waals surface area (Å²) in [5, 5.41) is -0.215. The molecule has 0 N–H and O–H groups in total. The standard InChI is InChI=1S/C27H28N2OS/c30-27(26(24-14-6-2-7-15-24)31-25-16-8-3-9-17-25)29-21-19-28(20-22-29)18-10-13-23-11-4-1-5-12-23/h1-17,26H,18-22H2/b13-10+/t26-/m0/s1. The number of nitrogens with zero attached hydrogens (tertiary/aromatic N) is 2. The van der Waals surface area contributed by atoms with Crippen LogP contribution in [-0.4, -0.2) is 48.4 Å². The number of carbonyl (C=O) groups is 1. The van der Waals surface area contributed by atoms with Crippen molar-refractivity contribution in [1.82, 2.24) is 9.80 Å². The molecule has 0 unspecified atom stereocenters. The van der Waals surface area contributed by atoms with E-state index in [0.717, 1.165) is 43.2 Å². The second-order valence-corrected chi connectivity index (χ2v) is 8.84. The van der Waals surface area contributed by atoms with Crippen molar-refractivity contribution in [2.45, 2.75) is 10.1 Å². The molecule has 0 spiro atoms. The van der Waals surface area contributed by atoms with Gasteiger partial charge in [0.1, 0.15) is 5.25 Å². The Bertz CT molecular complexity index is 968. The number of amides is 1. The summed E-state index contributed by atoms with van der Waals surface area (Å²) < 4.78 is 0. The molecule has 3 aromatic rings. The molecule has 31 heavy (non-hydrogen) atoms. The Kier molecular flexibility index (Phi) is 7.59. The molecule has 0 aromatic heterocycles. The molecule has 1 aliphatic heterocycles. The van der Waals surface area contributed by atoms with Crippen molar-refractivity contribution in [3.63, 3.8) is 0 Å². The van der Waals surface area contributed by atoms with E-state index in [9.17, 15) is 4.79 Å². The average Bonchev–Trinajstić information content (AvgIpc) is 2.84. The van der Waals surface area contributed by atoms with Gasteiger partial charge in [-0.1, -0.05) is 91.0 Å². The van der Waals surface area contributed by atoms with E-state index in [1.165, 1.54) is 5.56 Å². The normalized spacial score (nSPS) is 15.8. The summed E-state index contributed by atoms with van der Waals surface area (Å²) in [7, 11) is 0. The minimum Gasteiger partial charge on any atom is -0.339 e. The Morgan fingerprint density at radius 3 is 2.03 bits per heavy atom. The lowest BCUT2D eigenvalue weighted by atomic mass is 10.1. The molecule has 1 amide bonds.